The quantitative estimate of drug-likeness (QED) is 0.236. The number of hydrogen-bond acceptors (Lipinski definition) is 6. The van der Waals surface area contributed by atoms with E-state index in [4.69, 9.17) is 26.4 Å². The Morgan fingerprint density at radius 2 is 1.76 bits per heavy atom. The first-order chi connectivity index (χ1) is 16.6. The summed E-state index contributed by atoms with van der Waals surface area (Å²) in [4.78, 5) is 20.1. The summed E-state index contributed by atoms with van der Waals surface area (Å²) in [6.07, 6.45) is 0. The molecular weight excluding hydrogens is 454 g/mol. The number of benzene rings is 3. The van der Waals surface area contributed by atoms with Crippen molar-refractivity contribution in [1.82, 2.24) is 20.8 Å². The van der Waals surface area contributed by atoms with E-state index in [-0.39, 0.29) is 11.7 Å². The first-order valence-corrected chi connectivity index (χ1v) is 10.7. The summed E-state index contributed by atoms with van der Waals surface area (Å²) in [5, 5.41) is 3.18. The molecule has 174 valence electrons. The van der Waals surface area contributed by atoms with Crippen molar-refractivity contribution in [2.75, 3.05) is 26.1 Å². The molecule has 34 heavy (non-hydrogen) atoms. The topological polar surface area (TPSA) is 110 Å². The number of aromatic nitrogens is 2. The average molecular weight is 478 g/mol. The molecule has 1 heterocycles. The molecule has 9 nitrogen and oxygen atoms in total. The van der Waals surface area contributed by atoms with Crippen LogP contribution in [0.5, 0.6) is 17.2 Å². The van der Waals surface area contributed by atoms with Crippen molar-refractivity contribution in [1.29, 1.82) is 0 Å². The monoisotopic (exact) mass is 477 g/mol. The second-order valence-corrected chi connectivity index (χ2v) is 7.52. The number of ether oxygens (including phenoxy) is 3. The molecule has 0 aliphatic heterocycles. The van der Waals surface area contributed by atoms with Crippen molar-refractivity contribution in [2.45, 2.75) is 0 Å². The predicted octanol–water partition coefficient (Wildman–Crippen LogP) is 3.64. The number of carbonyl (C=O) groups excluding carboxylic acids is 1. The van der Waals surface area contributed by atoms with Crippen LogP contribution in [0.1, 0.15) is 0 Å². The maximum Gasteiger partial charge on any atom is 0.276 e. The lowest BCUT2D eigenvalue weighted by Gasteiger charge is -2.14. The summed E-state index contributed by atoms with van der Waals surface area (Å²) >= 11 is 5.18. The minimum absolute atomic E-state index is 0.228. The molecule has 0 saturated heterocycles. The van der Waals surface area contributed by atoms with E-state index in [0.29, 0.717) is 17.3 Å². The molecule has 10 heteroatoms. The number of fused-ring (bicyclic) bond motifs is 1. The minimum atomic E-state index is -0.415. The fourth-order valence-electron chi connectivity index (χ4n) is 3.17. The van der Waals surface area contributed by atoms with Gasteiger partial charge in [-0.15, -0.1) is 0 Å². The normalized spacial score (nSPS) is 10.4. The van der Waals surface area contributed by atoms with Gasteiger partial charge in [0.15, 0.2) is 23.2 Å². The number of methoxy groups -OCH3 is 2. The van der Waals surface area contributed by atoms with Gasteiger partial charge in [0.25, 0.3) is 5.91 Å². The van der Waals surface area contributed by atoms with Crippen LogP contribution in [0.3, 0.4) is 0 Å². The highest BCUT2D eigenvalue weighted by Crippen LogP contribution is 2.32. The third kappa shape index (κ3) is 5.54. The van der Waals surface area contributed by atoms with Gasteiger partial charge < -0.3 is 24.5 Å². The molecule has 1 aromatic heterocycles. The van der Waals surface area contributed by atoms with Gasteiger partial charge in [0, 0.05) is 11.3 Å². The summed E-state index contributed by atoms with van der Waals surface area (Å²) in [6, 6.07) is 20.4. The number of para-hydroxylation sites is 2. The van der Waals surface area contributed by atoms with Crippen LogP contribution in [0.15, 0.2) is 66.7 Å². The predicted molar refractivity (Wildman–Crippen MR) is 134 cm³/mol. The van der Waals surface area contributed by atoms with Crippen LogP contribution in [0.2, 0.25) is 0 Å². The van der Waals surface area contributed by atoms with Crippen molar-refractivity contribution >= 4 is 40.0 Å². The standard InChI is InChI=1S/C24H23N5O4S/c1-31-17-10-8-16(9-11-17)25-24(34)29-28-22(30)14-33-20-12-7-15(13-21(20)32-2)23-26-18-5-3-4-6-19(18)27-23/h3-13H,14H2,1-2H3,(H,26,27)(H,28,30)(H2,25,29,34). The largest absolute Gasteiger partial charge is 0.497 e. The maximum atomic E-state index is 12.2. The van der Waals surface area contributed by atoms with Crippen molar-refractivity contribution in [2.24, 2.45) is 0 Å². The zero-order valence-corrected chi connectivity index (χ0v) is 19.4. The van der Waals surface area contributed by atoms with Gasteiger partial charge in [0.05, 0.1) is 25.3 Å². The summed E-state index contributed by atoms with van der Waals surface area (Å²) in [7, 11) is 3.13. The van der Waals surface area contributed by atoms with E-state index in [1.165, 1.54) is 7.11 Å². The molecule has 0 aliphatic carbocycles. The van der Waals surface area contributed by atoms with E-state index in [2.05, 4.69) is 26.1 Å². The fourth-order valence-corrected chi connectivity index (χ4v) is 3.34. The van der Waals surface area contributed by atoms with Gasteiger partial charge in [-0.2, -0.15) is 0 Å². The zero-order chi connectivity index (χ0) is 23.9. The number of thiocarbonyl (C=S) groups is 1. The molecule has 0 fully saturated rings. The number of H-pyrrole nitrogens is 1. The molecule has 0 unspecified atom stereocenters. The Morgan fingerprint density at radius 3 is 2.50 bits per heavy atom. The number of hydrazine groups is 1. The highest BCUT2D eigenvalue weighted by Gasteiger charge is 2.12. The lowest BCUT2D eigenvalue weighted by molar-refractivity contribution is -0.123. The molecule has 3 aromatic carbocycles. The third-order valence-electron chi connectivity index (χ3n) is 4.85. The van der Waals surface area contributed by atoms with Crippen molar-refractivity contribution in [3.63, 3.8) is 0 Å². The molecule has 4 N–H and O–H groups in total. The molecule has 0 atom stereocenters. The number of amides is 1. The number of aromatic amines is 1. The van der Waals surface area contributed by atoms with Gasteiger partial charge >= 0.3 is 0 Å². The number of carbonyl (C=O) groups is 1. The molecule has 0 spiro atoms. The summed E-state index contributed by atoms with van der Waals surface area (Å²) in [5.41, 5.74) is 8.52. The Bertz CT molecular complexity index is 1270. The summed E-state index contributed by atoms with van der Waals surface area (Å²) < 4.78 is 16.2. The number of anilines is 1. The van der Waals surface area contributed by atoms with Crippen LogP contribution in [0, 0.1) is 0 Å². The number of imidazole rings is 1. The van der Waals surface area contributed by atoms with E-state index < -0.39 is 5.91 Å². The van der Waals surface area contributed by atoms with E-state index in [1.807, 2.05) is 30.3 Å². The SMILES string of the molecule is COc1ccc(NC(=S)NNC(=O)COc2ccc(-c3nc4ccccc4[nH]3)cc2OC)cc1. The van der Waals surface area contributed by atoms with Gasteiger partial charge in [0.2, 0.25) is 0 Å². The maximum absolute atomic E-state index is 12.2. The van der Waals surface area contributed by atoms with Crippen LogP contribution in [0.25, 0.3) is 22.4 Å². The van der Waals surface area contributed by atoms with E-state index in [9.17, 15) is 4.79 Å². The van der Waals surface area contributed by atoms with E-state index in [0.717, 1.165) is 28.0 Å². The Labute approximate surface area is 201 Å². The Kier molecular flexibility index (Phi) is 7.09. The van der Waals surface area contributed by atoms with Crippen molar-refractivity contribution in [3.05, 3.63) is 66.7 Å². The van der Waals surface area contributed by atoms with Gasteiger partial charge in [-0.25, -0.2) is 4.98 Å². The molecule has 1 amide bonds. The van der Waals surface area contributed by atoms with Crippen LogP contribution in [-0.2, 0) is 4.79 Å². The highest BCUT2D eigenvalue weighted by atomic mass is 32.1. The van der Waals surface area contributed by atoms with Crippen LogP contribution < -0.4 is 30.4 Å². The molecule has 0 saturated carbocycles. The second-order valence-electron chi connectivity index (χ2n) is 7.11. The smallest absolute Gasteiger partial charge is 0.276 e. The van der Waals surface area contributed by atoms with Gasteiger partial charge in [-0.3, -0.25) is 15.6 Å². The van der Waals surface area contributed by atoms with Crippen molar-refractivity contribution in [3.8, 4) is 28.6 Å². The van der Waals surface area contributed by atoms with Crippen LogP contribution in [-0.4, -0.2) is 41.8 Å². The number of nitrogens with one attached hydrogen (secondary N) is 4. The van der Waals surface area contributed by atoms with Gasteiger partial charge in [0.1, 0.15) is 11.6 Å². The van der Waals surface area contributed by atoms with Crippen LogP contribution >= 0.6 is 12.2 Å². The lowest BCUT2D eigenvalue weighted by atomic mass is 10.2. The first-order valence-electron chi connectivity index (χ1n) is 10.3. The van der Waals surface area contributed by atoms with E-state index in [1.54, 1.807) is 43.5 Å². The Balaban J connectivity index is 1.30. The summed E-state index contributed by atoms with van der Waals surface area (Å²) in [6.45, 7) is -0.238. The lowest BCUT2D eigenvalue weighted by Crippen LogP contribution is -2.45. The summed E-state index contributed by atoms with van der Waals surface area (Å²) in [5.74, 6) is 1.94. The number of rotatable bonds is 7. The van der Waals surface area contributed by atoms with Crippen molar-refractivity contribution < 1.29 is 19.0 Å². The Hall–Kier alpha value is -4.31. The molecule has 4 rings (SSSR count). The zero-order valence-electron chi connectivity index (χ0n) is 18.5. The average Bonchev–Trinajstić information content (AvgIpc) is 3.31. The second kappa shape index (κ2) is 10.5. The van der Waals surface area contributed by atoms with Crippen LogP contribution in [0.4, 0.5) is 5.69 Å². The minimum Gasteiger partial charge on any atom is -0.497 e. The van der Waals surface area contributed by atoms with Gasteiger partial charge in [-0.1, -0.05) is 12.1 Å². The van der Waals surface area contributed by atoms with E-state index >= 15 is 0 Å². The molecule has 0 aliphatic rings. The fraction of sp³-hybridized carbons (Fsp3) is 0.125. The third-order valence-corrected chi connectivity index (χ3v) is 5.05. The molecule has 0 radical (unpaired) electrons. The molecule has 0 bridgehead atoms. The molecule has 4 aromatic rings. The number of hydrogen-bond donors (Lipinski definition) is 4. The van der Waals surface area contributed by atoms with Gasteiger partial charge in [-0.05, 0) is 66.8 Å². The molecular formula is C24H23N5O4S. The number of nitrogens with zero attached hydrogens (tertiary/aromatic N) is 1. The first kappa shape index (κ1) is 22.9. The Morgan fingerprint density at radius 1 is 0.971 bits per heavy atom. The highest BCUT2D eigenvalue weighted by molar-refractivity contribution is 7.80.